The highest BCUT2D eigenvalue weighted by atomic mass is 32.1. The Morgan fingerprint density at radius 3 is 2.93 bits per heavy atom. The van der Waals surface area contributed by atoms with Crippen LogP contribution in [0.5, 0.6) is 0 Å². The normalized spacial score (nSPS) is 20.1. The molecular weight excluding hydrogens is 208 g/mol. The fourth-order valence-electron chi connectivity index (χ4n) is 1.94. The lowest BCUT2D eigenvalue weighted by Crippen LogP contribution is -2.32. The van der Waals surface area contributed by atoms with Crippen molar-refractivity contribution in [2.24, 2.45) is 5.92 Å². The zero-order valence-electron chi connectivity index (χ0n) is 9.06. The Balaban J connectivity index is 1.89. The maximum absolute atomic E-state index is 10.1. The van der Waals surface area contributed by atoms with Crippen LogP contribution in [0.1, 0.15) is 25.3 Å². The number of hydrogen-bond donors (Lipinski definition) is 1. The van der Waals surface area contributed by atoms with E-state index < -0.39 is 0 Å². The van der Waals surface area contributed by atoms with Crippen molar-refractivity contribution in [1.29, 1.82) is 0 Å². The van der Waals surface area contributed by atoms with E-state index in [1.54, 1.807) is 11.3 Å². The molecule has 0 radical (unpaired) electrons. The van der Waals surface area contributed by atoms with Crippen LogP contribution in [0.25, 0.3) is 0 Å². The number of thiophene rings is 1. The molecule has 15 heavy (non-hydrogen) atoms. The smallest absolute Gasteiger partial charge is 0.0865 e. The summed E-state index contributed by atoms with van der Waals surface area (Å²) >= 11 is 1.68. The maximum Gasteiger partial charge on any atom is 0.0865 e. The summed E-state index contributed by atoms with van der Waals surface area (Å²) in [6.45, 7) is 2.69. The highest BCUT2D eigenvalue weighted by Gasteiger charge is 2.36. The predicted octanol–water partition coefficient (Wildman–Crippen LogP) is 2.47. The van der Waals surface area contributed by atoms with E-state index in [2.05, 4.69) is 16.8 Å². The third-order valence-corrected chi connectivity index (χ3v) is 3.58. The minimum atomic E-state index is -0.341. The molecule has 1 saturated carbocycles. The number of hydrogen-bond acceptors (Lipinski definition) is 3. The summed E-state index contributed by atoms with van der Waals surface area (Å²) < 4.78 is 5.63. The topological polar surface area (TPSA) is 29.5 Å². The van der Waals surface area contributed by atoms with E-state index >= 15 is 0 Å². The second kappa shape index (κ2) is 5.10. The first kappa shape index (κ1) is 11.1. The summed E-state index contributed by atoms with van der Waals surface area (Å²) in [7, 11) is 0. The van der Waals surface area contributed by atoms with Crippen molar-refractivity contribution in [2.75, 3.05) is 6.61 Å². The summed E-state index contributed by atoms with van der Waals surface area (Å²) in [5, 5.41) is 14.2. The second-order valence-corrected chi connectivity index (χ2v) is 4.94. The van der Waals surface area contributed by atoms with Crippen molar-refractivity contribution in [3.63, 3.8) is 0 Å². The Bertz CT molecular complexity index is 280. The van der Waals surface area contributed by atoms with Crippen molar-refractivity contribution < 1.29 is 9.84 Å². The van der Waals surface area contributed by atoms with Crippen LogP contribution < -0.4 is 0 Å². The molecule has 0 bridgehead atoms. The predicted molar refractivity (Wildman–Crippen MR) is 62.2 cm³/mol. The van der Waals surface area contributed by atoms with Crippen LogP contribution in [0.2, 0.25) is 0 Å². The third-order valence-electron chi connectivity index (χ3n) is 2.85. The average Bonchev–Trinajstić information content (AvgIpc) is 2.93. The molecule has 0 saturated heterocycles. The van der Waals surface area contributed by atoms with Gasteiger partial charge in [0.1, 0.15) is 0 Å². The largest absolute Gasteiger partial charge is 0.390 e. The van der Waals surface area contributed by atoms with Gasteiger partial charge in [-0.15, -0.1) is 0 Å². The molecule has 0 aromatic carbocycles. The molecule has 2 nitrogen and oxygen atoms in total. The Labute approximate surface area is 94.9 Å². The van der Waals surface area contributed by atoms with Crippen molar-refractivity contribution in [3.8, 4) is 0 Å². The van der Waals surface area contributed by atoms with Gasteiger partial charge in [0.25, 0.3) is 0 Å². The van der Waals surface area contributed by atoms with Gasteiger partial charge in [-0.1, -0.05) is 0 Å². The van der Waals surface area contributed by atoms with Crippen LogP contribution in [-0.4, -0.2) is 23.9 Å². The fourth-order valence-corrected chi connectivity index (χ4v) is 2.63. The molecule has 2 unspecified atom stereocenters. The van der Waals surface area contributed by atoms with E-state index in [-0.39, 0.29) is 12.2 Å². The molecule has 0 amide bonds. The van der Waals surface area contributed by atoms with Crippen molar-refractivity contribution in [1.82, 2.24) is 0 Å². The average molecular weight is 226 g/mol. The molecule has 1 N–H and O–H groups in total. The number of ether oxygens (including phenoxy) is 1. The first-order valence-corrected chi connectivity index (χ1v) is 6.56. The summed E-state index contributed by atoms with van der Waals surface area (Å²) in [5.41, 5.74) is 1.22. The monoisotopic (exact) mass is 226 g/mol. The van der Waals surface area contributed by atoms with Crippen LogP contribution in [0.15, 0.2) is 16.8 Å². The SMILES string of the molecule is CCOC(C(O)Cc1ccsc1)C1CC1. The molecule has 1 aromatic rings. The number of aliphatic hydroxyl groups excluding tert-OH is 1. The standard InChI is InChI=1S/C12H18O2S/c1-2-14-12(10-3-4-10)11(13)7-9-5-6-15-8-9/h5-6,8,10-13H,2-4,7H2,1H3. The van der Waals surface area contributed by atoms with Gasteiger partial charge >= 0.3 is 0 Å². The van der Waals surface area contributed by atoms with Gasteiger partial charge in [0.15, 0.2) is 0 Å². The Morgan fingerprint density at radius 1 is 1.60 bits per heavy atom. The third kappa shape index (κ3) is 3.03. The van der Waals surface area contributed by atoms with E-state index in [0.29, 0.717) is 12.5 Å². The van der Waals surface area contributed by atoms with Gasteiger partial charge in [0, 0.05) is 13.0 Å². The second-order valence-electron chi connectivity index (χ2n) is 4.16. The van der Waals surface area contributed by atoms with E-state index in [4.69, 9.17) is 4.74 Å². The van der Waals surface area contributed by atoms with Gasteiger partial charge < -0.3 is 9.84 Å². The van der Waals surface area contributed by atoms with Gasteiger partial charge in [0.2, 0.25) is 0 Å². The van der Waals surface area contributed by atoms with Gasteiger partial charge in [-0.25, -0.2) is 0 Å². The van der Waals surface area contributed by atoms with Crippen molar-refractivity contribution in [2.45, 2.75) is 38.4 Å². The van der Waals surface area contributed by atoms with Crippen molar-refractivity contribution in [3.05, 3.63) is 22.4 Å². The highest BCUT2D eigenvalue weighted by molar-refractivity contribution is 7.07. The molecule has 0 spiro atoms. The molecular formula is C12H18O2S. The summed E-state index contributed by atoms with van der Waals surface area (Å²) in [4.78, 5) is 0. The van der Waals surface area contributed by atoms with E-state index in [1.165, 1.54) is 18.4 Å². The summed E-state index contributed by atoms with van der Waals surface area (Å²) in [6, 6.07) is 2.07. The highest BCUT2D eigenvalue weighted by Crippen LogP contribution is 2.36. The molecule has 1 aliphatic carbocycles. The van der Waals surface area contributed by atoms with Gasteiger partial charge in [-0.2, -0.15) is 11.3 Å². The molecule has 1 aromatic heterocycles. The Morgan fingerprint density at radius 2 is 2.40 bits per heavy atom. The van der Waals surface area contributed by atoms with Gasteiger partial charge in [-0.3, -0.25) is 0 Å². The minimum Gasteiger partial charge on any atom is -0.390 e. The molecule has 1 fully saturated rings. The number of aliphatic hydroxyl groups is 1. The van der Waals surface area contributed by atoms with Crippen LogP contribution in [0.4, 0.5) is 0 Å². The zero-order chi connectivity index (χ0) is 10.7. The zero-order valence-corrected chi connectivity index (χ0v) is 9.87. The van der Waals surface area contributed by atoms with Gasteiger partial charge in [-0.05, 0) is 48.1 Å². The first-order valence-electron chi connectivity index (χ1n) is 5.62. The molecule has 2 atom stereocenters. The number of rotatable bonds is 6. The van der Waals surface area contributed by atoms with Crippen LogP contribution in [-0.2, 0) is 11.2 Å². The van der Waals surface area contributed by atoms with E-state index in [1.807, 2.05) is 6.92 Å². The molecule has 1 heterocycles. The molecule has 84 valence electrons. The van der Waals surface area contributed by atoms with Crippen LogP contribution in [0, 0.1) is 5.92 Å². The molecule has 3 heteroatoms. The quantitative estimate of drug-likeness (QED) is 0.807. The minimum absolute atomic E-state index is 0.0508. The molecule has 2 rings (SSSR count). The maximum atomic E-state index is 10.1. The van der Waals surface area contributed by atoms with Gasteiger partial charge in [0.05, 0.1) is 12.2 Å². The fraction of sp³-hybridized carbons (Fsp3) is 0.667. The Hall–Kier alpha value is -0.380. The lowest BCUT2D eigenvalue weighted by molar-refractivity contribution is -0.0439. The summed E-state index contributed by atoms with van der Waals surface area (Å²) in [5.74, 6) is 0.596. The van der Waals surface area contributed by atoms with E-state index in [0.717, 1.165) is 6.42 Å². The molecule has 1 aliphatic rings. The van der Waals surface area contributed by atoms with E-state index in [9.17, 15) is 5.11 Å². The molecule has 0 aliphatic heterocycles. The Kier molecular flexibility index (Phi) is 3.78. The van der Waals surface area contributed by atoms with Crippen LogP contribution in [0.3, 0.4) is 0 Å². The lowest BCUT2D eigenvalue weighted by atomic mass is 10.0. The first-order chi connectivity index (χ1) is 7.31. The van der Waals surface area contributed by atoms with Crippen LogP contribution >= 0.6 is 11.3 Å². The lowest BCUT2D eigenvalue weighted by Gasteiger charge is -2.22. The van der Waals surface area contributed by atoms with Crippen molar-refractivity contribution >= 4 is 11.3 Å². The summed E-state index contributed by atoms with van der Waals surface area (Å²) in [6.07, 6.45) is 2.86.